The largest absolute Gasteiger partial charge is 0.493 e. The van der Waals surface area contributed by atoms with Crippen LogP contribution in [0.4, 0.5) is 0 Å². The molecule has 2 aliphatic heterocycles. The Bertz CT molecular complexity index is 1830. The predicted molar refractivity (Wildman–Crippen MR) is 194 cm³/mol. The van der Waals surface area contributed by atoms with Crippen molar-refractivity contribution >= 4 is 11.8 Å². The van der Waals surface area contributed by atoms with E-state index in [0.717, 1.165) is 70.9 Å². The topological polar surface area (TPSA) is 139 Å². The van der Waals surface area contributed by atoms with E-state index in [0.29, 0.717) is 19.4 Å². The summed E-state index contributed by atoms with van der Waals surface area (Å²) in [6.45, 7) is 2.76. The molecule has 1 fully saturated rings. The molecule has 0 bridgehead atoms. The Labute approximate surface area is 304 Å². The summed E-state index contributed by atoms with van der Waals surface area (Å²) < 4.78 is 24.5. The minimum atomic E-state index is -0.599. The van der Waals surface area contributed by atoms with Crippen molar-refractivity contribution in [1.29, 1.82) is 0 Å². The van der Waals surface area contributed by atoms with E-state index in [1.54, 1.807) is 19.7 Å². The van der Waals surface area contributed by atoms with Gasteiger partial charge in [-0.3, -0.25) is 19.7 Å². The quantitative estimate of drug-likeness (QED) is 0.0952. The molecule has 2 heterocycles. The molecule has 11 nitrogen and oxygen atoms in total. The number of aliphatic hydroxyl groups is 1. The number of hydroxylamine groups is 1. The second kappa shape index (κ2) is 17.6. The zero-order valence-electron chi connectivity index (χ0n) is 29.7. The average Bonchev–Trinajstić information content (AvgIpc) is 3.19. The SMILES string of the molecule is COc1cc2c(cc1OC)CN(C[C@H]1C[C@@H](c3ccc(CO)cc3)O[C@@H](c3cccc(-c4cccc(CNC(=O)CCCC(=O)NO)c4)c3)O1)CC2. The normalized spacial score (nSPS) is 18.7. The third-order valence-electron chi connectivity index (χ3n) is 9.72. The number of aliphatic hydroxyl groups excluding tert-OH is 1. The molecule has 4 N–H and O–H groups in total. The molecular formula is C41H47N3O8. The molecule has 0 radical (unpaired) electrons. The summed E-state index contributed by atoms with van der Waals surface area (Å²) in [5.41, 5.74) is 9.82. The Kier molecular flexibility index (Phi) is 12.5. The summed E-state index contributed by atoms with van der Waals surface area (Å²) in [6, 6.07) is 28.3. The van der Waals surface area contributed by atoms with Crippen molar-refractivity contribution in [3.8, 4) is 22.6 Å². The minimum absolute atomic E-state index is 0.0148. The predicted octanol–water partition coefficient (Wildman–Crippen LogP) is 5.76. The maximum atomic E-state index is 12.3. The number of ether oxygens (including phenoxy) is 4. The van der Waals surface area contributed by atoms with Gasteiger partial charge >= 0.3 is 0 Å². The first-order chi connectivity index (χ1) is 25.3. The van der Waals surface area contributed by atoms with Crippen LogP contribution < -0.4 is 20.3 Å². The summed E-state index contributed by atoms with van der Waals surface area (Å²) in [6.07, 6.45) is 1.32. The highest BCUT2D eigenvalue weighted by Crippen LogP contribution is 2.40. The standard InChI is InChI=1S/C41H47N3O8/c1-49-37-20-32-16-17-44(24-34(32)21-38(37)50-2)25-35-22-36(29-14-12-27(26-45)13-15-29)52-41(51-35)33-9-4-8-31(19-33)30-7-3-6-28(18-30)23-42-39(46)10-5-11-40(47)43-48/h3-4,6-9,12-15,18-21,35-36,41,45,48H,5,10-11,16-17,22-26H2,1-2H3,(H,42,46)(H,43,47)/t35-,36+,41+/m1/s1. The number of carbonyl (C=O) groups is 2. The second-order valence-corrected chi connectivity index (χ2v) is 13.3. The number of hydrogen-bond acceptors (Lipinski definition) is 9. The number of benzene rings is 4. The number of fused-ring (bicyclic) bond motifs is 1. The van der Waals surface area contributed by atoms with Crippen molar-refractivity contribution in [2.75, 3.05) is 27.3 Å². The molecule has 6 rings (SSSR count). The molecule has 2 amide bonds. The number of hydrogen-bond donors (Lipinski definition) is 4. The smallest absolute Gasteiger partial charge is 0.243 e. The van der Waals surface area contributed by atoms with Crippen LogP contribution in [0.15, 0.2) is 84.9 Å². The van der Waals surface area contributed by atoms with Crippen LogP contribution in [-0.4, -0.2) is 60.4 Å². The Hall–Kier alpha value is -4.78. The first-order valence-corrected chi connectivity index (χ1v) is 17.7. The minimum Gasteiger partial charge on any atom is -0.493 e. The van der Waals surface area contributed by atoms with Crippen LogP contribution in [0.3, 0.4) is 0 Å². The maximum Gasteiger partial charge on any atom is 0.243 e. The summed E-state index contributed by atoms with van der Waals surface area (Å²) in [7, 11) is 3.32. The molecule has 3 atom stereocenters. The molecule has 4 aromatic carbocycles. The first kappa shape index (κ1) is 37.0. The van der Waals surface area contributed by atoms with E-state index in [4.69, 9.17) is 24.2 Å². The molecule has 0 saturated carbocycles. The fourth-order valence-corrected chi connectivity index (χ4v) is 6.90. The molecule has 0 spiro atoms. The van der Waals surface area contributed by atoms with Gasteiger partial charge in [0.2, 0.25) is 11.8 Å². The number of carbonyl (C=O) groups excluding carboxylic acids is 2. The van der Waals surface area contributed by atoms with Crippen LogP contribution in [-0.2, 0) is 45.2 Å². The van der Waals surface area contributed by atoms with Gasteiger partial charge in [-0.05, 0) is 76.1 Å². The highest BCUT2D eigenvalue weighted by molar-refractivity contribution is 5.78. The average molecular weight is 710 g/mol. The van der Waals surface area contributed by atoms with Crippen molar-refractivity contribution in [2.24, 2.45) is 0 Å². The van der Waals surface area contributed by atoms with Crippen molar-refractivity contribution in [3.63, 3.8) is 0 Å². The Morgan fingerprint density at radius 3 is 2.27 bits per heavy atom. The van der Waals surface area contributed by atoms with Crippen LogP contribution >= 0.6 is 0 Å². The van der Waals surface area contributed by atoms with E-state index >= 15 is 0 Å². The van der Waals surface area contributed by atoms with E-state index < -0.39 is 12.2 Å². The van der Waals surface area contributed by atoms with Gasteiger partial charge in [-0.15, -0.1) is 0 Å². The second-order valence-electron chi connectivity index (χ2n) is 13.3. The van der Waals surface area contributed by atoms with Crippen LogP contribution in [0.2, 0.25) is 0 Å². The van der Waals surface area contributed by atoms with Gasteiger partial charge < -0.3 is 29.4 Å². The number of nitrogens with one attached hydrogen (secondary N) is 2. The van der Waals surface area contributed by atoms with Gasteiger partial charge in [-0.25, -0.2) is 5.48 Å². The molecule has 0 unspecified atom stereocenters. The van der Waals surface area contributed by atoms with Gasteiger partial charge in [-0.1, -0.05) is 60.7 Å². The van der Waals surface area contributed by atoms with Crippen LogP contribution in [0.1, 0.15) is 71.5 Å². The maximum absolute atomic E-state index is 12.3. The monoisotopic (exact) mass is 709 g/mol. The molecule has 1 saturated heterocycles. The number of methoxy groups -OCH3 is 2. The highest BCUT2D eigenvalue weighted by Gasteiger charge is 2.34. The number of amides is 2. The van der Waals surface area contributed by atoms with Gasteiger partial charge in [0.05, 0.1) is 33.0 Å². The third-order valence-corrected chi connectivity index (χ3v) is 9.72. The highest BCUT2D eigenvalue weighted by atomic mass is 16.7. The lowest BCUT2D eigenvalue weighted by Gasteiger charge is -2.39. The van der Waals surface area contributed by atoms with Crippen LogP contribution in [0.5, 0.6) is 11.5 Å². The van der Waals surface area contributed by atoms with E-state index in [1.807, 2.05) is 66.7 Å². The number of rotatable bonds is 14. The summed E-state index contributed by atoms with van der Waals surface area (Å²) in [5, 5.41) is 21.2. The molecule has 11 heteroatoms. The molecule has 0 aliphatic carbocycles. The molecule has 4 aromatic rings. The molecular weight excluding hydrogens is 662 g/mol. The van der Waals surface area contributed by atoms with Crippen LogP contribution in [0, 0.1) is 0 Å². The van der Waals surface area contributed by atoms with Gasteiger partial charge in [0.15, 0.2) is 17.8 Å². The van der Waals surface area contributed by atoms with Gasteiger partial charge in [0, 0.05) is 51.0 Å². The molecule has 2 aliphatic rings. The van der Waals surface area contributed by atoms with Gasteiger partial charge in [0.1, 0.15) is 0 Å². The van der Waals surface area contributed by atoms with Crippen LogP contribution in [0.25, 0.3) is 11.1 Å². The van der Waals surface area contributed by atoms with Gasteiger partial charge in [-0.2, -0.15) is 0 Å². The fourth-order valence-electron chi connectivity index (χ4n) is 6.90. The zero-order chi connectivity index (χ0) is 36.5. The van der Waals surface area contributed by atoms with Crippen molar-refractivity contribution < 1.29 is 38.9 Å². The molecule has 274 valence electrons. The number of nitrogens with zero attached hydrogens (tertiary/aromatic N) is 1. The lowest BCUT2D eigenvalue weighted by molar-refractivity contribution is -0.253. The van der Waals surface area contributed by atoms with Gasteiger partial charge in [0.25, 0.3) is 0 Å². The summed E-state index contributed by atoms with van der Waals surface area (Å²) >= 11 is 0. The van der Waals surface area contributed by atoms with E-state index in [1.165, 1.54) is 11.1 Å². The third kappa shape index (κ3) is 9.36. The van der Waals surface area contributed by atoms with E-state index in [9.17, 15) is 14.7 Å². The van der Waals surface area contributed by atoms with E-state index in [2.05, 4.69) is 28.4 Å². The Balaban J connectivity index is 1.17. The Morgan fingerprint density at radius 2 is 1.54 bits per heavy atom. The zero-order valence-corrected chi connectivity index (χ0v) is 29.7. The summed E-state index contributed by atoms with van der Waals surface area (Å²) in [4.78, 5) is 26.0. The van der Waals surface area contributed by atoms with Crippen molar-refractivity contribution in [3.05, 3.63) is 118 Å². The molecule has 0 aromatic heterocycles. The lowest BCUT2D eigenvalue weighted by atomic mass is 9.96. The van der Waals surface area contributed by atoms with E-state index in [-0.39, 0.29) is 37.6 Å². The Morgan fingerprint density at radius 1 is 0.827 bits per heavy atom. The first-order valence-electron chi connectivity index (χ1n) is 17.7. The lowest BCUT2D eigenvalue weighted by Crippen LogP contribution is -2.41. The van der Waals surface area contributed by atoms with Crippen molar-refractivity contribution in [1.82, 2.24) is 15.7 Å². The van der Waals surface area contributed by atoms with Crippen molar-refractivity contribution in [2.45, 2.75) is 70.3 Å². The fraction of sp³-hybridized carbons (Fsp3) is 0.366. The molecule has 52 heavy (non-hydrogen) atoms. The summed E-state index contributed by atoms with van der Waals surface area (Å²) in [5.74, 6) is 0.813.